The van der Waals surface area contributed by atoms with E-state index in [0.717, 1.165) is 11.7 Å². The van der Waals surface area contributed by atoms with E-state index in [1.807, 2.05) is 36.1 Å². The molecule has 1 aliphatic carbocycles. The highest BCUT2D eigenvalue weighted by Crippen LogP contribution is 2.63. The fourth-order valence-corrected chi connectivity index (χ4v) is 6.23. The Hall–Kier alpha value is -0.810. The van der Waals surface area contributed by atoms with Gasteiger partial charge in [-0.2, -0.15) is 0 Å². The Morgan fingerprint density at radius 3 is 2.73 bits per heavy atom. The highest BCUT2D eigenvalue weighted by molar-refractivity contribution is 7.75. The summed E-state index contributed by atoms with van der Waals surface area (Å²) in [4.78, 5) is 0. The van der Waals surface area contributed by atoms with Crippen LogP contribution in [0.25, 0.3) is 0 Å². The van der Waals surface area contributed by atoms with Gasteiger partial charge in [0, 0.05) is 11.0 Å². The molecule has 0 saturated heterocycles. The van der Waals surface area contributed by atoms with Crippen molar-refractivity contribution in [2.45, 2.75) is 24.9 Å². The van der Waals surface area contributed by atoms with Crippen LogP contribution in [0.2, 0.25) is 0 Å². The maximum atomic E-state index is 12.9. The van der Waals surface area contributed by atoms with Crippen LogP contribution >= 0.6 is 7.14 Å². The summed E-state index contributed by atoms with van der Waals surface area (Å²) in [6.45, 7) is 0. The third-order valence-corrected chi connectivity index (χ3v) is 7.09. The van der Waals surface area contributed by atoms with Gasteiger partial charge in [0.25, 0.3) is 0 Å². The predicted molar refractivity (Wildman–Crippen MR) is 64.0 cm³/mol. The van der Waals surface area contributed by atoms with Crippen molar-refractivity contribution >= 4 is 12.4 Å². The van der Waals surface area contributed by atoms with E-state index in [1.165, 1.54) is 12.8 Å². The van der Waals surface area contributed by atoms with Crippen molar-refractivity contribution < 1.29 is 4.57 Å². The van der Waals surface area contributed by atoms with Gasteiger partial charge in [-0.25, -0.2) is 0 Å². The second-order valence-electron chi connectivity index (χ2n) is 4.55. The largest absolute Gasteiger partial charge is 0.314 e. The van der Waals surface area contributed by atoms with Crippen LogP contribution in [0.15, 0.2) is 42.2 Å². The SMILES string of the molecule is O=P1(c2ccccc2)C=C[C@H]2CCC[C@H]21. The van der Waals surface area contributed by atoms with Crippen molar-refractivity contribution in [2.75, 3.05) is 0 Å². The number of hydrogen-bond acceptors (Lipinski definition) is 1. The van der Waals surface area contributed by atoms with Crippen molar-refractivity contribution in [3.05, 3.63) is 42.2 Å². The molecule has 78 valence electrons. The fourth-order valence-electron chi connectivity index (χ4n) is 2.96. The van der Waals surface area contributed by atoms with Crippen LogP contribution in [0.3, 0.4) is 0 Å². The lowest BCUT2D eigenvalue weighted by molar-refractivity contribution is 0.571. The van der Waals surface area contributed by atoms with E-state index in [9.17, 15) is 4.57 Å². The quantitative estimate of drug-likeness (QED) is 0.660. The monoisotopic (exact) mass is 218 g/mol. The van der Waals surface area contributed by atoms with E-state index in [4.69, 9.17) is 0 Å². The maximum Gasteiger partial charge on any atom is 0.139 e. The first kappa shape index (κ1) is 9.42. The summed E-state index contributed by atoms with van der Waals surface area (Å²) in [6.07, 6.45) is 5.82. The zero-order valence-electron chi connectivity index (χ0n) is 8.67. The molecule has 3 atom stereocenters. The first-order chi connectivity index (χ1) is 7.31. The third-order valence-electron chi connectivity index (χ3n) is 3.74. The molecule has 1 aliphatic heterocycles. The molecule has 1 unspecified atom stereocenters. The number of fused-ring (bicyclic) bond motifs is 1. The lowest BCUT2D eigenvalue weighted by atomic mass is 10.1. The number of hydrogen-bond donors (Lipinski definition) is 0. The molecular weight excluding hydrogens is 203 g/mol. The van der Waals surface area contributed by atoms with E-state index in [1.54, 1.807) is 0 Å². The van der Waals surface area contributed by atoms with Crippen LogP contribution in [0.5, 0.6) is 0 Å². The minimum Gasteiger partial charge on any atom is -0.314 e. The topological polar surface area (TPSA) is 17.1 Å². The van der Waals surface area contributed by atoms with Crippen LogP contribution in [-0.4, -0.2) is 5.66 Å². The van der Waals surface area contributed by atoms with Crippen LogP contribution in [-0.2, 0) is 4.57 Å². The first-order valence-corrected chi connectivity index (χ1v) is 7.49. The van der Waals surface area contributed by atoms with Gasteiger partial charge in [0.2, 0.25) is 0 Å². The molecule has 1 fully saturated rings. The molecule has 0 aromatic heterocycles. The highest BCUT2D eigenvalue weighted by atomic mass is 31.2. The molecule has 1 aromatic rings. The predicted octanol–water partition coefficient (Wildman–Crippen LogP) is 3.37. The Bertz CT molecular complexity index is 435. The van der Waals surface area contributed by atoms with Gasteiger partial charge in [-0.3, -0.25) is 0 Å². The molecule has 1 saturated carbocycles. The summed E-state index contributed by atoms with van der Waals surface area (Å²) < 4.78 is 12.9. The lowest BCUT2D eigenvalue weighted by Crippen LogP contribution is -2.14. The molecule has 1 heterocycles. The molecule has 0 N–H and O–H groups in total. The molecule has 15 heavy (non-hydrogen) atoms. The molecule has 0 spiro atoms. The summed E-state index contributed by atoms with van der Waals surface area (Å²) >= 11 is 0. The number of benzene rings is 1. The molecule has 2 heteroatoms. The Kier molecular flexibility index (Phi) is 2.10. The average Bonchev–Trinajstić information content (AvgIpc) is 2.85. The van der Waals surface area contributed by atoms with Gasteiger partial charge in [-0.1, -0.05) is 42.8 Å². The van der Waals surface area contributed by atoms with E-state index in [2.05, 4.69) is 6.08 Å². The van der Waals surface area contributed by atoms with Crippen molar-refractivity contribution in [3.63, 3.8) is 0 Å². The van der Waals surface area contributed by atoms with Crippen molar-refractivity contribution in [3.8, 4) is 0 Å². The van der Waals surface area contributed by atoms with E-state index >= 15 is 0 Å². The molecule has 2 aliphatic rings. The van der Waals surface area contributed by atoms with Gasteiger partial charge in [-0.05, 0) is 24.6 Å². The Labute approximate surface area is 90.6 Å². The van der Waals surface area contributed by atoms with Crippen molar-refractivity contribution in [1.82, 2.24) is 0 Å². The fraction of sp³-hybridized carbons (Fsp3) is 0.385. The Morgan fingerprint density at radius 2 is 1.93 bits per heavy atom. The zero-order chi connectivity index (χ0) is 10.3. The van der Waals surface area contributed by atoms with E-state index in [0.29, 0.717) is 11.6 Å². The second-order valence-corrected chi connectivity index (χ2v) is 7.45. The van der Waals surface area contributed by atoms with Gasteiger partial charge < -0.3 is 4.57 Å². The standard InChI is InChI=1S/C13H15OP/c14-15(12-6-2-1-3-7-12)10-9-11-5-4-8-13(11)15/h1-3,6-7,9-11,13H,4-5,8H2/t11-,13-,15?/m1/s1. The highest BCUT2D eigenvalue weighted by Gasteiger charge is 2.43. The molecule has 0 radical (unpaired) electrons. The summed E-state index contributed by atoms with van der Waals surface area (Å²) in [7, 11) is -2.21. The summed E-state index contributed by atoms with van der Waals surface area (Å²) in [6, 6.07) is 10.0. The smallest absolute Gasteiger partial charge is 0.139 e. The number of rotatable bonds is 1. The zero-order valence-corrected chi connectivity index (χ0v) is 9.57. The van der Waals surface area contributed by atoms with Gasteiger partial charge in [-0.15, -0.1) is 0 Å². The maximum absolute atomic E-state index is 12.9. The van der Waals surface area contributed by atoms with Crippen LogP contribution in [0.1, 0.15) is 19.3 Å². The average molecular weight is 218 g/mol. The summed E-state index contributed by atoms with van der Waals surface area (Å²) in [5, 5.41) is 1.05. The summed E-state index contributed by atoms with van der Waals surface area (Å²) in [5.41, 5.74) is 0.417. The molecular formula is C13H15OP. The number of allylic oxidation sites excluding steroid dienone is 1. The lowest BCUT2D eigenvalue weighted by Gasteiger charge is -2.19. The molecule has 0 bridgehead atoms. The minimum absolute atomic E-state index is 0.417. The van der Waals surface area contributed by atoms with E-state index in [-0.39, 0.29) is 0 Å². The van der Waals surface area contributed by atoms with Crippen molar-refractivity contribution in [2.24, 2.45) is 5.92 Å². The van der Waals surface area contributed by atoms with Gasteiger partial charge in [0.1, 0.15) is 7.14 Å². The normalized spacial score (nSPS) is 38.1. The first-order valence-electron chi connectivity index (χ1n) is 5.65. The van der Waals surface area contributed by atoms with Gasteiger partial charge >= 0.3 is 0 Å². The van der Waals surface area contributed by atoms with Crippen molar-refractivity contribution in [1.29, 1.82) is 0 Å². The molecule has 0 amide bonds. The van der Waals surface area contributed by atoms with Crippen LogP contribution in [0.4, 0.5) is 0 Å². The van der Waals surface area contributed by atoms with E-state index < -0.39 is 7.14 Å². The van der Waals surface area contributed by atoms with Gasteiger partial charge in [0.15, 0.2) is 0 Å². The molecule has 1 nitrogen and oxygen atoms in total. The van der Waals surface area contributed by atoms with Crippen LogP contribution in [0, 0.1) is 5.92 Å². The molecule has 1 aromatic carbocycles. The van der Waals surface area contributed by atoms with Gasteiger partial charge in [0.05, 0.1) is 0 Å². The Balaban J connectivity index is 2.05. The second kappa shape index (κ2) is 3.35. The van der Waals surface area contributed by atoms with Crippen LogP contribution < -0.4 is 5.30 Å². The summed E-state index contributed by atoms with van der Waals surface area (Å²) in [5.74, 6) is 2.60. The third kappa shape index (κ3) is 1.33. The minimum atomic E-state index is -2.21. The molecule has 3 rings (SSSR count). The Morgan fingerprint density at radius 1 is 1.13 bits per heavy atom.